The van der Waals surface area contributed by atoms with Crippen molar-refractivity contribution in [3.05, 3.63) is 34.3 Å². The van der Waals surface area contributed by atoms with Gasteiger partial charge in [-0.1, -0.05) is 28.1 Å². The Morgan fingerprint density at radius 1 is 1.42 bits per heavy atom. The fourth-order valence-electron chi connectivity index (χ4n) is 0.809. The average molecular weight is 230 g/mol. The molecule has 0 bridgehead atoms. The summed E-state index contributed by atoms with van der Waals surface area (Å²) in [6, 6.07) is 6.75. The molecule has 1 aromatic carbocycles. The number of aliphatic hydroxyl groups excluding tert-OH is 1. The quantitative estimate of drug-likeness (QED) is 0.794. The molecule has 0 heterocycles. The molecule has 4 heteroatoms. The van der Waals surface area contributed by atoms with Gasteiger partial charge in [-0.25, -0.2) is 0 Å². The number of carbonyl (C=O) groups excluding carboxylic acids is 1. The van der Waals surface area contributed by atoms with Crippen LogP contribution in [0.4, 0.5) is 0 Å². The van der Waals surface area contributed by atoms with Gasteiger partial charge in [0.1, 0.15) is 0 Å². The van der Waals surface area contributed by atoms with Gasteiger partial charge in [0.25, 0.3) is 5.91 Å². The summed E-state index contributed by atoms with van der Waals surface area (Å²) < 4.78 is 0.892. The molecule has 0 aliphatic rings. The van der Waals surface area contributed by atoms with E-state index in [4.69, 9.17) is 5.73 Å². The Morgan fingerprint density at radius 3 is 2.33 bits per heavy atom. The topological polar surface area (TPSA) is 63.3 Å². The van der Waals surface area contributed by atoms with Gasteiger partial charge in [0.05, 0.1) is 0 Å². The second-order valence-electron chi connectivity index (χ2n) is 2.36. The molecule has 3 N–H and O–H groups in total. The number of primary amides is 1. The van der Waals surface area contributed by atoms with Crippen LogP contribution in [0.1, 0.15) is 11.7 Å². The van der Waals surface area contributed by atoms with Crippen LogP contribution >= 0.6 is 15.9 Å². The molecule has 0 aliphatic carbocycles. The maximum absolute atomic E-state index is 10.5. The van der Waals surface area contributed by atoms with Gasteiger partial charge < -0.3 is 10.8 Å². The predicted molar refractivity (Wildman–Crippen MR) is 48.3 cm³/mol. The molecule has 0 spiro atoms. The summed E-state index contributed by atoms with van der Waals surface area (Å²) in [6.07, 6.45) is -1.21. The second-order valence-corrected chi connectivity index (χ2v) is 3.27. The van der Waals surface area contributed by atoms with E-state index in [2.05, 4.69) is 15.9 Å². The highest BCUT2D eigenvalue weighted by Gasteiger charge is 2.12. The Morgan fingerprint density at radius 2 is 1.92 bits per heavy atom. The maximum Gasteiger partial charge on any atom is 0.250 e. The van der Waals surface area contributed by atoms with Crippen LogP contribution in [0.15, 0.2) is 28.7 Å². The number of hydrogen-bond donors (Lipinski definition) is 2. The molecular weight excluding hydrogens is 222 g/mol. The molecule has 0 radical (unpaired) electrons. The van der Waals surface area contributed by atoms with Crippen LogP contribution in [0, 0.1) is 0 Å². The molecule has 0 saturated carbocycles. The van der Waals surface area contributed by atoms with Crippen LogP contribution in [0.2, 0.25) is 0 Å². The van der Waals surface area contributed by atoms with E-state index in [0.717, 1.165) is 4.47 Å². The minimum atomic E-state index is -1.21. The second kappa shape index (κ2) is 3.69. The largest absolute Gasteiger partial charge is 0.378 e. The molecule has 0 saturated heterocycles. The van der Waals surface area contributed by atoms with E-state index >= 15 is 0 Å². The molecule has 0 unspecified atom stereocenters. The van der Waals surface area contributed by atoms with E-state index in [0.29, 0.717) is 5.56 Å². The van der Waals surface area contributed by atoms with Crippen molar-refractivity contribution in [2.75, 3.05) is 0 Å². The lowest BCUT2D eigenvalue weighted by atomic mass is 10.1. The third-order valence-electron chi connectivity index (χ3n) is 1.46. The number of benzene rings is 1. The Hall–Kier alpha value is -0.870. The van der Waals surface area contributed by atoms with E-state index in [-0.39, 0.29) is 0 Å². The van der Waals surface area contributed by atoms with Crippen molar-refractivity contribution in [2.45, 2.75) is 6.10 Å². The van der Waals surface area contributed by atoms with Crippen LogP contribution in [0.5, 0.6) is 0 Å². The summed E-state index contributed by atoms with van der Waals surface area (Å²) in [5, 5.41) is 9.20. The number of aliphatic hydroxyl groups is 1. The predicted octanol–water partition coefficient (Wildman–Crippen LogP) is 0.968. The smallest absolute Gasteiger partial charge is 0.250 e. The highest BCUT2D eigenvalue weighted by molar-refractivity contribution is 9.10. The van der Waals surface area contributed by atoms with Crippen LogP contribution < -0.4 is 5.73 Å². The first kappa shape index (κ1) is 9.22. The molecule has 1 aromatic rings. The molecule has 0 aliphatic heterocycles. The Balaban J connectivity index is 2.89. The van der Waals surface area contributed by atoms with Crippen molar-refractivity contribution in [1.82, 2.24) is 0 Å². The van der Waals surface area contributed by atoms with Crippen LogP contribution in [-0.2, 0) is 4.79 Å². The Bertz CT molecular complexity index is 284. The van der Waals surface area contributed by atoms with Crippen LogP contribution in [0.3, 0.4) is 0 Å². The van der Waals surface area contributed by atoms with Crippen molar-refractivity contribution < 1.29 is 9.90 Å². The molecule has 0 aromatic heterocycles. The minimum absolute atomic E-state index is 0.505. The SMILES string of the molecule is NC(=O)[C@@H](O)c1ccc(Br)cc1. The van der Waals surface area contributed by atoms with Crippen molar-refractivity contribution in [2.24, 2.45) is 5.73 Å². The first-order valence-corrected chi connectivity index (χ1v) is 4.13. The van der Waals surface area contributed by atoms with Crippen molar-refractivity contribution in [1.29, 1.82) is 0 Å². The molecule has 0 fully saturated rings. The molecule has 1 atom stereocenters. The van der Waals surface area contributed by atoms with E-state index in [9.17, 15) is 9.90 Å². The van der Waals surface area contributed by atoms with E-state index in [1.165, 1.54) is 0 Å². The summed E-state index contributed by atoms with van der Waals surface area (Å²) in [5.41, 5.74) is 5.41. The van der Waals surface area contributed by atoms with E-state index in [1.807, 2.05) is 0 Å². The van der Waals surface area contributed by atoms with Gasteiger partial charge in [-0.05, 0) is 17.7 Å². The molecular formula is C8H8BrNO2. The standard InChI is InChI=1S/C8H8BrNO2/c9-6-3-1-5(2-4-6)7(11)8(10)12/h1-4,7,11H,(H2,10,12)/t7-/m0/s1. The highest BCUT2D eigenvalue weighted by Crippen LogP contribution is 2.16. The normalized spacial score (nSPS) is 12.5. The molecule has 64 valence electrons. The fraction of sp³-hybridized carbons (Fsp3) is 0.125. The van der Waals surface area contributed by atoms with E-state index in [1.54, 1.807) is 24.3 Å². The van der Waals surface area contributed by atoms with Gasteiger partial charge in [0.2, 0.25) is 0 Å². The lowest BCUT2D eigenvalue weighted by molar-refractivity contribution is -0.126. The van der Waals surface area contributed by atoms with Crippen molar-refractivity contribution in [3.8, 4) is 0 Å². The number of rotatable bonds is 2. The van der Waals surface area contributed by atoms with Crippen LogP contribution in [-0.4, -0.2) is 11.0 Å². The van der Waals surface area contributed by atoms with E-state index < -0.39 is 12.0 Å². The number of halogens is 1. The van der Waals surface area contributed by atoms with Crippen molar-refractivity contribution in [3.63, 3.8) is 0 Å². The Kier molecular flexibility index (Phi) is 2.83. The number of carbonyl (C=O) groups is 1. The Labute approximate surface area is 78.3 Å². The monoisotopic (exact) mass is 229 g/mol. The van der Waals surface area contributed by atoms with Gasteiger partial charge in [0, 0.05) is 4.47 Å². The fourth-order valence-corrected chi connectivity index (χ4v) is 1.07. The maximum atomic E-state index is 10.5. The molecule has 1 rings (SSSR count). The summed E-state index contributed by atoms with van der Waals surface area (Å²) in [6.45, 7) is 0. The third-order valence-corrected chi connectivity index (χ3v) is 1.98. The summed E-state index contributed by atoms with van der Waals surface area (Å²) in [5.74, 6) is -0.739. The van der Waals surface area contributed by atoms with Gasteiger partial charge in [-0.2, -0.15) is 0 Å². The number of amides is 1. The van der Waals surface area contributed by atoms with Crippen molar-refractivity contribution >= 4 is 21.8 Å². The van der Waals surface area contributed by atoms with Gasteiger partial charge in [-0.15, -0.1) is 0 Å². The summed E-state index contributed by atoms with van der Waals surface area (Å²) in [7, 11) is 0. The third kappa shape index (κ3) is 2.06. The minimum Gasteiger partial charge on any atom is -0.378 e. The zero-order valence-electron chi connectivity index (χ0n) is 6.20. The first-order chi connectivity index (χ1) is 5.61. The van der Waals surface area contributed by atoms with Gasteiger partial charge >= 0.3 is 0 Å². The highest BCUT2D eigenvalue weighted by atomic mass is 79.9. The molecule has 1 amide bonds. The van der Waals surface area contributed by atoms with Crippen LogP contribution in [0.25, 0.3) is 0 Å². The van der Waals surface area contributed by atoms with Gasteiger partial charge in [0.15, 0.2) is 6.10 Å². The summed E-state index contributed by atoms with van der Waals surface area (Å²) >= 11 is 3.23. The zero-order valence-corrected chi connectivity index (χ0v) is 7.78. The molecule has 12 heavy (non-hydrogen) atoms. The first-order valence-electron chi connectivity index (χ1n) is 3.34. The van der Waals surface area contributed by atoms with Gasteiger partial charge in [-0.3, -0.25) is 4.79 Å². The lowest BCUT2D eigenvalue weighted by Crippen LogP contribution is -2.20. The average Bonchev–Trinajstić information content (AvgIpc) is 2.04. The number of nitrogens with two attached hydrogens (primary N) is 1. The molecule has 3 nitrogen and oxygen atoms in total. The number of hydrogen-bond acceptors (Lipinski definition) is 2. The summed E-state index contributed by atoms with van der Waals surface area (Å²) in [4.78, 5) is 10.5. The zero-order chi connectivity index (χ0) is 9.14. The lowest BCUT2D eigenvalue weighted by Gasteiger charge is -2.05.